The Morgan fingerprint density at radius 1 is 1.07 bits per heavy atom. The number of hydrogen-bond acceptors (Lipinski definition) is 5. The van der Waals surface area contributed by atoms with Crippen LogP contribution in [-0.2, 0) is 9.53 Å². The fourth-order valence-electron chi connectivity index (χ4n) is 4.97. The molecule has 1 amide bonds. The van der Waals surface area contributed by atoms with Crippen molar-refractivity contribution in [2.45, 2.75) is 31.7 Å². The SMILES string of the molecule is O=C(C1CC1)N1CCN(CC2CC2)C(c2cn3c(N4CCOCC4)cccc3n2)C1. The molecule has 4 fully saturated rings. The first kappa shape index (κ1) is 18.6. The van der Waals surface area contributed by atoms with E-state index in [4.69, 9.17) is 9.72 Å². The lowest BCUT2D eigenvalue weighted by Crippen LogP contribution is -2.51. The molecular weight excluding hydrogens is 378 g/mol. The molecule has 0 bridgehead atoms. The second-order valence-electron chi connectivity index (χ2n) is 9.39. The van der Waals surface area contributed by atoms with Crippen LogP contribution in [0.25, 0.3) is 5.65 Å². The molecule has 160 valence electrons. The molecule has 6 rings (SSSR count). The van der Waals surface area contributed by atoms with E-state index in [-0.39, 0.29) is 12.0 Å². The highest BCUT2D eigenvalue weighted by Gasteiger charge is 2.39. The average molecular weight is 410 g/mol. The maximum absolute atomic E-state index is 12.8. The summed E-state index contributed by atoms with van der Waals surface area (Å²) in [6.45, 7) is 7.11. The van der Waals surface area contributed by atoms with E-state index >= 15 is 0 Å². The van der Waals surface area contributed by atoms with E-state index in [1.807, 2.05) is 0 Å². The van der Waals surface area contributed by atoms with Crippen LogP contribution >= 0.6 is 0 Å². The normalized spacial score (nSPS) is 25.8. The molecule has 7 nitrogen and oxygen atoms in total. The van der Waals surface area contributed by atoms with Crippen molar-refractivity contribution < 1.29 is 9.53 Å². The maximum Gasteiger partial charge on any atom is 0.225 e. The van der Waals surface area contributed by atoms with Gasteiger partial charge in [0.05, 0.1) is 24.9 Å². The number of anilines is 1. The standard InChI is InChI=1S/C23H31N5O2/c29-23(18-6-7-18)27-9-8-26(14-17-4-5-17)20(16-27)19-15-28-21(24-19)2-1-3-22(28)25-10-12-30-13-11-25/h1-3,15,17-18,20H,4-14,16H2. The van der Waals surface area contributed by atoms with Gasteiger partial charge in [0, 0.05) is 51.4 Å². The lowest BCUT2D eigenvalue weighted by Gasteiger charge is -2.41. The molecule has 2 aliphatic carbocycles. The summed E-state index contributed by atoms with van der Waals surface area (Å²) in [5.74, 6) is 2.67. The molecular formula is C23H31N5O2. The van der Waals surface area contributed by atoms with Gasteiger partial charge in [0.2, 0.25) is 5.91 Å². The van der Waals surface area contributed by atoms with Gasteiger partial charge in [0.25, 0.3) is 0 Å². The number of carbonyl (C=O) groups excluding carboxylic acids is 1. The van der Waals surface area contributed by atoms with Crippen LogP contribution in [0, 0.1) is 11.8 Å². The van der Waals surface area contributed by atoms with Gasteiger partial charge in [0.1, 0.15) is 11.5 Å². The van der Waals surface area contributed by atoms with Gasteiger partial charge in [-0.25, -0.2) is 4.98 Å². The third kappa shape index (κ3) is 3.58. The van der Waals surface area contributed by atoms with Crippen molar-refractivity contribution >= 4 is 17.4 Å². The first-order valence-corrected chi connectivity index (χ1v) is 11.6. The molecule has 1 unspecified atom stereocenters. The second-order valence-corrected chi connectivity index (χ2v) is 9.39. The van der Waals surface area contributed by atoms with Crippen LogP contribution < -0.4 is 4.90 Å². The summed E-state index contributed by atoms with van der Waals surface area (Å²) in [6, 6.07) is 6.56. The van der Waals surface area contributed by atoms with Crippen molar-refractivity contribution in [2.75, 3.05) is 57.4 Å². The van der Waals surface area contributed by atoms with Crippen LogP contribution in [0.4, 0.5) is 5.82 Å². The molecule has 2 aromatic heterocycles. The van der Waals surface area contributed by atoms with Crippen LogP contribution in [0.2, 0.25) is 0 Å². The zero-order valence-corrected chi connectivity index (χ0v) is 17.6. The summed E-state index contributed by atoms with van der Waals surface area (Å²) in [5, 5.41) is 0. The van der Waals surface area contributed by atoms with Crippen LogP contribution in [0.3, 0.4) is 0 Å². The molecule has 2 aromatic rings. The third-order valence-corrected chi connectivity index (χ3v) is 7.08. The number of ether oxygens (including phenoxy) is 1. The molecule has 1 atom stereocenters. The lowest BCUT2D eigenvalue weighted by molar-refractivity contribution is -0.135. The quantitative estimate of drug-likeness (QED) is 0.758. The number of carbonyl (C=O) groups is 1. The van der Waals surface area contributed by atoms with Crippen molar-refractivity contribution in [1.29, 1.82) is 0 Å². The number of piperazine rings is 1. The minimum atomic E-state index is 0.194. The Labute approximate surface area is 177 Å². The topological polar surface area (TPSA) is 53.3 Å². The predicted molar refractivity (Wildman–Crippen MR) is 115 cm³/mol. The highest BCUT2D eigenvalue weighted by atomic mass is 16.5. The fourth-order valence-corrected chi connectivity index (χ4v) is 4.97. The largest absolute Gasteiger partial charge is 0.378 e. The van der Waals surface area contributed by atoms with Crippen LogP contribution in [0.5, 0.6) is 0 Å². The minimum Gasteiger partial charge on any atom is -0.378 e. The smallest absolute Gasteiger partial charge is 0.225 e. The monoisotopic (exact) mass is 409 g/mol. The van der Waals surface area contributed by atoms with Gasteiger partial charge < -0.3 is 14.5 Å². The van der Waals surface area contributed by atoms with E-state index in [2.05, 4.69) is 43.5 Å². The van der Waals surface area contributed by atoms with Crippen LogP contribution in [0.1, 0.15) is 37.4 Å². The third-order valence-electron chi connectivity index (χ3n) is 7.08. The van der Waals surface area contributed by atoms with Gasteiger partial charge in [-0.05, 0) is 43.7 Å². The molecule has 7 heteroatoms. The average Bonchev–Trinajstić information content (AvgIpc) is 3.72. The molecule has 0 aromatic carbocycles. The Kier molecular flexibility index (Phi) is 4.68. The first-order valence-electron chi connectivity index (χ1n) is 11.6. The zero-order valence-electron chi connectivity index (χ0n) is 17.6. The minimum absolute atomic E-state index is 0.194. The molecule has 4 aliphatic rings. The summed E-state index contributed by atoms with van der Waals surface area (Å²) >= 11 is 0. The van der Waals surface area contributed by atoms with Crippen molar-refractivity contribution in [3.63, 3.8) is 0 Å². The lowest BCUT2D eigenvalue weighted by atomic mass is 10.1. The summed E-state index contributed by atoms with van der Waals surface area (Å²) < 4.78 is 7.77. The second kappa shape index (κ2) is 7.54. The van der Waals surface area contributed by atoms with Crippen LogP contribution in [-0.4, -0.2) is 77.6 Å². The van der Waals surface area contributed by atoms with Gasteiger partial charge in [-0.3, -0.25) is 14.1 Å². The number of pyridine rings is 1. The number of aromatic nitrogens is 2. The Balaban J connectivity index is 1.31. The molecule has 2 aliphatic heterocycles. The first-order chi connectivity index (χ1) is 14.8. The highest BCUT2D eigenvalue weighted by Crippen LogP contribution is 2.37. The number of hydrogen-bond donors (Lipinski definition) is 0. The van der Waals surface area contributed by atoms with E-state index in [1.54, 1.807) is 0 Å². The van der Waals surface area contributed by atoms with Gasteiger partial charge in [-0.1, -0.05) is 6.07 Å². The fraction of sp³-hybridized carbons (Fsp3) is 0.652. The Hall–Kier alpha value is -2.12. The molecule has 0 N–H and O–H groups in total. The predicted octanol–water partition coefficient (Wildman–Crippen LogP) is 2.18. The van der Waals surface area contributed by atoms with E-state index in [0.29, 0.717) is 5.91 Å². The Morgan fingerprint density at radius 3 is 2.67 bits per heavy atom. The van der Waals surface area contributed by atoms with Gasteiger partial charge in [-0.15, -0.1) is 0 Å². The van der Waals surface area contributed by atoms with Crippen molar-refractivity contribution in [2.24, 2.45) is 11.8 Å². The van der Waals surface area contributed by atoms with Gasteiger partial charge in [-0.2, -0.15) is 0 Å². The zero-order chi connectivity index (χ0) is 20.1. The maximum atomic E-state index is 12.8. The summed E-state index contributed by atoms with van der Waals surface area (Å²) in [6.07, 6.45) is 7.06. The van der Waals surface area contributed by atoms with Crippen LogP contribution in [0.15, 0.2) is 24.4 Å². The number of amides is 1. The number of nitrogens with zero attached hydrogens (tertiary/aromatic N) is 5. The van der Waals surface area contributed by atoms with Crippen molar-refractivity contribution in [3.8, 4) is 0 Å². The van der Waals surface area contributed by atoms with Gasteiger partial charge in [0.15, 0.2) is 0 Å². The number of imidazole rings is 1. The summed E-state index contributed by atoms with van der Waals surface area (Å²) in [4.78, 5) is 24.9. The molecule has 0 radical (unpaired) electrons. The molecule has 30 heavy (non-hydrogen) atoms. The molecule has 2 saturated carbocycles. The van der Waals surface area contributed by atoms with Crippen molar-refractivity contribution in [3.05, 3.63) is 30.1 Å². The Bertz CT molecular complexity index is 929. The van der Waals surface area contributed by atoms with Crippen molar-refractivity contribution in [1.82, 2.24) is 19.2 Å². The summed E-state index contributed by atoms with van der Waals surface area (Å²) in [7, 11) is 0. The Morgan fingerprint density at radius 2 is 1.90 bits per heavy atom. The van der Waals surface area contributed by atoms with E-state index in [9.17, 15) is 4.79 Å². The summed E-state index contributed by atoms with van der Waals surface area (Å²) in [5.41, 5.74) is 2.09. The molecule has 2 saturated heterocycles. The molecule has 0 spiro atoms. The molecule has 4 heterocycles. The van der Waals surface area contributed by atoms with E-state index in [0.717, 1.165) is 82.6 Å². The number of rotatable bonds is 5. The number of morpholine rings is 1. The van der Waals surface area contributed by atoms with E-state index < -0.39 is 0 Å². The highest BCUT2D eigenvalue weighted by molar-refractivity contribution is 5.81. The van der Waals surface area contributed by atoms with E-state index in [1.165, 1.54) is 18.7 Å². The number of fused-ring (bicyclic) bond motifs is 1. The van der Waals surface area contributed by atoms with Gasteiger partial charge >= 0.3 is 0 Å².